The molecule has 7 heteroatoms. The van der Waals surface area contributed by atoms with E-state index in [0.29, 0.717) is 27.3 Å². The third-order valence-corrected chi connectivity index (χ3v) is 5.09. The highest BCUT2D eigenvalue weighted by atomic mass is 79.9. The van der Waals surface area contributed by atoms with Gasteiger partial charge in [0.15, 0.2) is 5.13 Å². The first-order valence-corrected chi connectivity index (χ1v) is 9.00. The second-order valence-electron chi connectivity index (χ2n) is 5.23. The normalized spacial score (nSPS) is 10.5. The van der Waals surface area contributed by atoms with Crippen molar-refractivity contribution in [3.8, 4) is 5.75 Å². The van der Waals surface area contributed by atoms with Crippen LogP contribution in [-0.4, -0.2) is 18.0 Å². The zero-order valence-corrected chi connectivity index (χ0v) is 15.7. The van der Waals surface area contributed by atoms with Crippen LogP contribution >= 0.6 is 27.3 Å². The molecule has 3 aromatic rings. The SMILES string of the molecule is COc1ccc(Br)c(C(=O)Nc2ncc(Cc3ccc(F)cc3)s2)c1. The number of thiazole rings is 1. The highest BCUT2D eigenvalue weighted by molar-refractivity contribution is 9.10. The molecule has 0 saturated heterocycles. The van der Waals surface area contributed by atoms with Crippen LogP contribution in [0.5, 0.6) is 5.75 Å². The molecule has 2 aromatic carbocycles. The lowest BCUT2D eigenvalue weighted by Crippen LogP contribution is -2.12. The smallest absolute Gasteiger partial charge is 0.258 e. The number of rotatable bonds is 5. The number of nitrogens with one attached hydrogen (secondary N) is 1. The van der Waals surface area contributed by atoms with E-state index in [1.54, 1.807) is 43.6 Å². The number of hydrogen-bond acceptors (Lipinski definition) is 4. The molecule has 0 bridgehead atoms. The maximum absolute atomic E-state index is 13.0. The Morgan fingerprint density at radius 1 is 1.28 bits per heavy atom. The zero-order chi connectivity index (χ0) is 17.8. The number of carbonyl (C=O) groups excluding carboxylic acids is 1. The van der Waals surface area contributed by atoms with Gasteiger partial charge in [0.25, 0.3) is 5.91 Å². The molecule has 0 spiro atoms. The molecule has 1 amide bonds. The van der Waals surface area contributed by atoms with Crippen molar-refractivity contribution in [1.82, 2.24) is 4.98 Å². The molecule has 4 nitrogen and oxygen atoms in total. The summed E-state index contributed by atoms with van der Waals surface area (Å²) >= 11 is 4.75. The molecule has 0 radical (unpaired) electrons. The molecule has 0 saturated carbocycles. The Bertz CT molecular complexity index is 896. The maximum atomic E-state index is 13.0. The van der Waals surface area contributed by atoms with Gasteiger partial charge in [-0.15, -0.1) is 11.3 Å². The van der Waals surface area contributed by atoms with E-state index in [1.807, 2.05) is 0 Å². The van der Waals surface area contributed by atoms with Crippen LogP contribution in [0.2, 0.25) is 0 Å². The first-order chi connectivity index (χ1) is 12.0. The second kappa shape index (κ2) is 7.76. The number of nitrogens with zero attached hydrogens (tertiary/aromatic N) is 1. The monoisotopic (exact) mass is 420 g/mol. The van der Waals surface area contributed by atoms with E-state index in [4.69, 9.17) is 4.74 Å². The van der Waals surface area contributed by atoms with Gasteiger partial charge in [-0.3, -0.25) is 10.1 Å². The molecule has 0 fully saturated rings. The highest BCUT2D eigenvalue weighted by Gasteiger charge is 2.13. The van der Waals surface area contributed by atoms with Crippen molar-refractivity contribution < 1.29 is 13.9 Å². The van der Waals surface area contributed by atoms with Crippen molar-refractivity contribution in [3.63, 3.8) is 0 Å². The molecule has 3 rings (SSSR count). The van der Waals surface area contributed by atoms with E-state index in [0.717, 1.165) is 10.4 Å². The van der Waals surface area contributed by atoms with Crippen molar-refractivity contribution in [2.45, 2.75) is 6.42 Å². The van der Waals surface area contributed by atoms with Gasteiger partial charge in [-0.05, 0) is 51.8 Å². The molecular formula is C18H14BrFN2O2S. The molecule has 25 heavy (non-hydrogen) atoms. The van der Waals surface area contributed by atoms with Crippen molar-refractivity contribution in [2.75, 3.05) is 12.4 Å². The Balaban J connectivity index is 1.70. The molecule has 0 aliphatic rings. The van der Waals surface area contributed by atoms with Crippen molar-refractivity contribution in [2.24, 2.45) is 0 Å². The molecule has 1 N–H and O–H groups in total. The predicted octanol–water partition coefficient (Wildman–Crippen LogP) is 4.90. The summed E-state index contributed by atoms with van der Waals surface area (Å²) in [5.74, 6) is 0.0721. The average Bonchev–Trinajstić information content (AvgIpc) is 3.04. The first-order valence-electron chi connectivity index (χ1n) is 7.39. The van der Waals surface area contributed by atoms with Gasteiger partial charge >= 0.3 is 0 Å². The van der Waals surface area contributed by atoms with Crippen LogP contribution in [0.3, 0.4) is 0 Å². The number of benzene rings is 2. The Hall–Kier alpha value is -2.25. The van der Waals surface area contributed by atoms with Gasteiger partial charge in [-0.2, -0.15) is 0 Å². The van der Waals surface area contributed by atoms with E-state index in [9.17, 15) is 9.18 Å². The Morgan fingerprint density at radius 2 is 2.04 bits per heavy atom. The number of aromatic nitrogens is 1. The highest BCUT2D eigenvalue weighted by Crippen LogP contribution is 2.25. The number of amides is 1. The standard InChI is InChI=1S/C18H14BrFN2O2S/c1-24-13-6-7-16(19)15(9-13)17(23)22-18-21-10-14(25-18)8-11-2-4-12(20)5-3-11/h2-7,9-10H,8H2,1H3,(H,21,22,23). The summed E-state index contributed by atoms with van der Waals surface area (Å²) in [5, 5.41) is 3.30. The van der Waals surface area contributed by atoms with Crippen LogP contribution in [0.1, 0.15) is 20.8 Å². The summed E-state index contributed by atoms with van der Waals surface area (Å²) in [6.45, 7) is 0. The van der Waals surface area contributed by atoms with E-state index >= 15 is 0 Å². The average molecular weight is 421 g/mol. The fourth-order valence-corrected chi connectivity index (χ4v) is 3.49. The summed E-state index contributed by atoms with van der Waals surface area (Å²) in [7, 11) is 1.55. The Morgan fingerprint density at radius 3 is 2.76 bits per heavy atom. The molecule has 0 aliphatic carbocycles. The summed E-state index contributed by atoms with van der Waals surface area (Å²) in [6, 6.07) is 11.5. The largest absolute Gasteiger partial charge is 0.497 e. The number of hydrogen-bond donors (Lipinski definition) is 1. The van der Waals surface area contributed by atoms with E-state index in [1.165, 1.54) is 23.5 Å². The van der Waals surface area contributed by atoms with Crippen LogP contribution in [-0.2, 0) is 6.42 Å². The maximum Gasteiger partial charge on any atom is 0.258 e. The lowest BCUT2D eigenvalue weighted by molar-refractivity contribution is 0.102. The first kappa shape index (κ1) is 17.6. The number of anilines is 1. The quantitative estimate of drug-likeness (QED) is 0.638. The number of carbonyl (C=O) groups is 1. The lowest BCUT2D eigenvalue weighted by Gasteiger charge is -2.06. The van der Waals surface area contributed by atoms with Crippen molar-refractivity contribution >= 4 is 38.3 Å². The van der Waals surface area contributed by atoms with Crippen LogP contribution in [0.4, 0.5) is 9.52 Å². The van der Waals surface area contributed by atoms with E-state index in [-0.39, 0.29) is 11.7 Å². The van der Waals surface area contributed by atoms with Gasteiger partial charge < -0.3 is 4.74 Å². The third kappa shape index (κ3) is 4.43. The van der Waals surface area contributed by atoms with Gasteiger partial charge in [0.1, 0.15) is 11.6 Å². The predicted molar refractivity (Wildman–Crippen MR) is 100.0 cm³/mol. The molecule has 0 aliphatic heterocycles. The number of halogens is 2. The molecular weight excluding hydrogens is 407 g/mol. The van der Waals surface area contributed by atoms with E-state index in [2.05, 4.69) is 26.2 Å². The minimum atomic E-state index is -0.270. The minimum absolute atomic E-state index is 0.259. The second-order valence-corrected chi connectivity index (χ2v) is 7.20. The summed E-state index contributed by atoms with van der Waals surface area (Å²) in [4.78, 5) is 17.6. The van der Waals surface area contributed by atoms with Crippen LogP contribution < -0.4 is 10.1 Å². The fraction of sp³-hybridized carbons (Fsp3) is 0.111. The van der Waals surface area contributed by atoms with Gasteiger partial charge in [-0.25, -0.2) is 9.37 Å². The third-order valence-electron chi connectivity index (χ3n) is 3.48. The van der Waals surface area contributed by atoms with Gasteiger partial charge in [0, 0.05) is 22.0 Å². The topological polar surface area (TPSA) is 51.2 Å². The fourth-order valence-electron chi connectivity index (χ4n) is 2.22. The van der Waals surface area contributed by atoms with Gasteiger partial charge in [0.2, 0.25) is 0 Å². The van der Waals surface area contributed by atoms with Crippen molar-refractivity contribution in [1.29, 1.82) is 0 Å². The number of methoxy groups -OCH3 is 1. The summed E-state index contributed by atoms with van der Waals surface area (Å²) in [6.07, 6.45) is 2.35. The molecule has 0 unspecified atom stereocenters. The van der Waals surface area contributed by atoms with Gasteiger partial charge in [-0.1, -0.05) is 12.1 Å². The molecule has 1 aromatic heterocycles. The Labute approximate surface area is 156 Å². The molecule has 0 atom stereocenters. The zero-order valence-electron chi connectivity index (χ0n) is 13.3. The summed E-state index contributed by atoms with van der Waals surface area (Å²) in [5.41, 5.74) is 1.45. The van der Waals surface area contributed by atoms with Crippen molar-refractivity contribution in [3.05, 3.63) is 75.0 Å². The minimum Gasteiger partial charge on any atom is -0.497 e. The van der Waals surface area contributed by atoms with Crippen LogP contribution in [0.25, 0.3) is 0 Å². The lowest BCUT2D eigenvalue weighted by atomic mass is 10.1. The van der Waals surface area contributed by atoms with E-state index < -0.39 is 0 Å². The summed E-state index contributed by atoms with van der Waals surface area (Å²) < 4.78 is 18.8. The van der Waals surface area contributed by atoms with Crippen LogP contribution in [0.15, 0.2) is 53.1 Å². The Kier molecular flexibility index (Phi) is 5.45. The molecule has 1 heterocycles. The van der Waals surface area contributed by atoms with Crippen LogP contribution in [0, 0.1) is 5.82 Å². The molecule has 128 valence electrons. The number of ether oxygens (including phenoxy) is 1. The van der Waals surface area contributed by atoms with Gasteiger partial charge in [0.05, 0.1) is 12.7 Å².